The molecule has 1 aromatic rings. The predicted molar refractivity (Wildman–Crippen MR) is 62.1 cm³/mol. The molecule has 2 heterocycles. The number of Topliss-reactive ketones (excluding diaryl/α,β-unsaturated/α-hetero) is 1. The standard InChI is InChI=1S/C12H19N3O/c1-2-11-9-14(5-3-12(11)16)7-8-15-6-4-13-10-15/h4,6,10-11H,2-3,5,7-9H2,1H3. The lowest BCUT2D eigenvalue weighted by atomic mass is 9.94. The Balaban J connectivity index is 1.80. The van der Waals surface area contributed by atoms with E-state index in [2.05, 4.69) is 21.4 Å². The third-order valence-electron chi connectivity index (χ3n) is 3.33. The maximum absolute atomic E-state index is 11.6. The number of hydrogen-bond acceptors (Lipinski definition) is 3. The van der Waals surface area contributed by atoms with Gasteiger partial charge in [-0.2, -0.15) is 0 Å². The van der Waals surface area contributed by atoms with Crippen LogP contribution in [0.25, 0.3) is 0 Å². The van der Waals surface area contributed by atoms with Crippen molar-refractivity contribution < 1.29 is 4.79 Å². The summed E-state index contributed by atoms with van der Waals surface area (Å²) in [5, 5.41) is 0. The average Bonchev–Trinajstić information content (AvgIpc) is 2.81. The summed E-state index contributed by atoms with van der Waals surface area (Å²) in [6.45, 7) is 5.93. The Hall–Kier alpha value is -1.16. The third-order valence-corrected chi connectivity index (χ3v) is 3.33. The second kappa shape index (κ2) is 5.25. The second-order valence-corrected chi connectivity index (χ2v) is 4.42. The summed E-state index contributed by atoms with van der Waals surface area (Å²) in [5.74, 6) is 0.706. The van der Waals surface area contributed by atoms with E-state index in [9.17, 15) is 4.79 Å². The lowest BCUT2D eigenvalue weighted by Crippen LogP contribution is -2.41. The molecule has 0 N–H and O–H groups in total. The van der Waals surface area contributed by atoms with E-state index in [0.717, 1.165) is 39.0 Å². The van der Waals surface area contributed by atoms with Gasteiger partial charge in [0.1, 0.15) is 5.78 Å². The molecule has 0 saturated carbocycles. The van der Waals surface area contributed by atoms with E-state index in [-0.39, 0.29) is 5.92 Å². The van der Waals surface area contributed by atoms with Crippen LogP contribution in [0.15, 0.2) is 18.7 Å². The first-order chi connectivity index (χ1) is 7.79. The highest BCUT2D eigenvalue weighted by Gasteiger charge is 2.25. The van der Waals surface area contributed by atoms with Crippen LogP contribution >= 0.6 is 0 Å². The monoisotopic (exact) mass is 221 g/mol. The molecule has 1 unspecified atom stereocenters. The molecule has 0 spiro atoms. The fourth-order valence-corrected chi connectivity index (χ4v) is 2.21. The molecule has 0 bridgehead atoms. The largest absolute Gasteiger partial charge is 0.336 e. The van der Waals surface area contributed by atoms with Crippen LogP contribution in [0, 0.1) is 5.92 Å². The molecule has 16 heavy (non-hydrogen) atoms. The molecular formula is C12H19N3O. The fourth-order valence-electron chi connectivity index (χ4n) is 2.21. The molecule has 1 atom stereocenters. The van der Waals surface area contributed by atoms with E-state index < -0.39 is 0 Å². The summed E-state index contributed by atoms with van der Waals surface area (Å²) in [6, 6.07) is 0. The second-order valence-electron chi connectivity index (χ2n) is 4.42. The first-order valence-corrected chi connectivity index (χ1v) is 6.00. The minimum absolute atomic E-state index is 0.261. The van der Waals surface area contributed by atoms with Gasteiger partial charge in [0.15, 0.2) is 0 Å². The summed E-state index contributed by atoms with van der Waals surface area (Å²) < 4.78 is 2.08. The topological polar surface area (TPSA) is 38.1 Å². The van der Waals surface area contributed by atoms with Gasteiger partial charge in [-0.25, -0.2) is 4.98 Å². The fraction of sp³-hybridized carbons (Fsp3) is 0.667. The third kappa shape index (κ3) is 2.70. The number of carbonyl (C=O) groups excluding carboxylic acids is 1. The molecule has 1 fully saturated rings. The Bertz CT molecular complexity index is 334. The molecule has 0 amide bonds. The zero-order chi connectivity index (χ0) is 11.4. The van der Waals surface area contributed by atoms with Gasteiger partial charge in [-0.05, 0) is 6.42 Å². The van der Waals surface area contributed by atoms with Crippen LogP contribution in [0.1, 0.15) is 19.8 Å². The Morgan fingerprint density at radius 2 is 2.38 bits per heavy atom. The highest BCUT2D eigenvalue weighted by atomic mass is 16.1. The van der Waals surface area contributed by atoms with Gasteiger partial charge < -0.3 is 9.47 Å². The van der Waals surface area contributed by atoms with Crippen LogP contribution in [-0.4, -0.2) is 39.9 Å². The molecular weight excluding hydrogens is 202 g/mol. The smallest absolute Gasteiger partial charge is 0.138 e. The minimum Gasteiger partial charge on any atom is -0.336 e. The molecule has 1 aliphatic rings. The van der Waals surface area contributed by atoms with Crippen molar-refractivity contribution in [2.75, 3.05) is 19.6 Å². The van der Waals surface area contributed by atoms with E-state index >= 15 is 0 Å². The normalized spacial score (nSPS) is 22.6. The van der Waals surface area contributed by atoms with Gasteiger partial charge in [-0.15, -0.1) is 0 Å². The van der Waals surface area contributed by atoms with Crippen LogP contribution in [0.2, 0.25) is 0 Å². The zero-order valence-corrected chi connectivity index (χ0v) is 9.80. The first kappa shape index (κ1) is 11.3. The number of aromatic nitrogens is 2. The quantitative estimate of drug-likeness (QED) is 0.766. The van der Waals surface area contributed by atoms with E-state index in [1.165, 1.54) is 0 Å². The van der Waals surface area contributed by atoms with Crippen LogP contribution < -0.4 is 0 Å². The zero-order valence-electron chi connectivity index (χ0n) is 9.80. The number of hydrogen-bond donors (Lipinski definition) is 0. The molecule has 4 heteroatoms. The lowest BCUT2D eigenvalue weighted by molar-refractivity contribution is -0.126. The minimum atomic E-state index is 0.261. The van der Waals surface area contributed by atoms with E-state index in [1.54, 1.807) is 6.20 Å². The SMILES string of the molecule is CCC1CN(CCn2ccnc2)CCC1=O. The van der Waals surface area contributed by atoms with Crippen molar-refractivity contribution in [3.05, 3.63) is 18.7 Å². The molecule has 2 rings (SSSR count). The van der Waals surface area contributed by atoms with Gasteiger partial charge in [0, 0.05) is 50.9 Å². The molecule has 4 nitrogen and oxygen atoms in total. The van der Waals surface area contributed by atoms with Gasteiger partial charge in [0.25, 0.3) is 0 Å². The number of nitrogens with zero attached hydrogens (tertiary/aromatic N) is 3. The van der Waals surface area contributed by atoms with Crippen LogP contribution in [-0.2, 0) is 11.3 Å². The van der Waals surface area contributed by atoms with Gasteiger partial charge >= 0.3 is 0 Å². The summed E-state index contributed by atoms with van der Waals surface area (Å²) in [4.78, 5) is 18.0. The number of ketones is 1. The van der Waals surface area contributed by atoms with Crippen LogP contribution in [0.5, 0.6) is 0 Å². The number of imidazole rings is 1. The molecule has 0 aromatic carbocycles. The van der Waals surface area contributed by atoms with Crippen molar-refractivity contribution >= 4 is 5.78 Å². The Kier molecular flexibility index (Phi) is 3.72. The van der Waals surface area contributed by atoms with Crippen molar-refractivity contribution in [3.8, 4) is 0 Å². The Labute approximate surface area is 96.3 Å². The summed E-state index contributed by atoms with van der Waals surface area (Å²) in [6.07, 6.45) is 7.32. The van der Waals surface area contributed by atoms with E-state index in [0.29, 0.717) is 5.78 Å². The van der Waals surface area contributed by atoms with Crippen molar-refractivity contribution in [1.29, 1.82) is 0 Å². The highest BCUT2D eigenvalue weighted by molar-refractivity contribution is 5.82. The number of piperidine rings is 1. The molecule has 0 radical (unpaired) electrons. The number of carbonyl (C=O) groups is 1. The number of likely N-dealkylation sites (tertiary alicyclic amines) is 1. The van der Waals surface area contributed by atoms with Crippen LogP contribution in [0.4, 0.5) is 0 Å². The maximum atomic E-state index is 11.6. The molecule has 88 valence electrons. The summed E-state index contributed by atoms with van der Waals surface area (Å²) >= 11 is 0. The molecule has 1 aliphatic heterocycles. The van der Waals surface area contributed by atoms with Gasteiger partial charge in [0.05, 0.1) is 6.33 Å². The molecule has 1 saturated heterocycles. The summed E-state index contributed by atoms with van der Waals surface area (Å²) in [5.41, 5.74) is 0. The Morgan fingerprint density at radius 1 is 1.50 bits per heavy atom. The maximum Gasteiger partial charge on any atom is 0.138 e. The highest BCUT2D eigenvalue weighted by Crippen LogP contribution is 2.15. The van der Waals surface area contributed by atoms with Crippen molar-refractivity contribution in [2.45, 2.75) is 26.3 Å². The summed E-state index contributed by atoms with van der Waals surface area (Å²) in [7, 11) is 0. The van der Waals surface area contributed by atoms with Crippen molar-refractivity contribution in [2.24, 2.45) is 5.92 Å². The predicted octanol–water partition coefficient (Wildman–Crippen LogP) is 1.18. The van der Waals surface area contributed by atoms with Gasteiger partial charge in [-0.1, -0.05) is 6.92 Å². The first-order valence-electron chi connectivity index (χ1n) is 6.00. The van der Waals surface area contributed by atoms with E-state index in [1.807, 2.05) is 12.5 Å². The van der Waals surface area contributed by atoms with Gasteiger partial charge in [0.2, 0.25) is 0 Å². The van der Waals surface area contributed by atoms with E-state index in [4.69, 9.17) is 0 Å². The van der Waals surface area contributed by atoms with Crippen molar-refractivity contribution in [1.82, 2.24) is 14.5 Å². The Morgan fingerprint density at radius 3 is 3.06 bits per heavy atom. The van der Waals surface area contributed by atoms with Gasteiger partial charge in [-0.3, -0.25) is 4.79 Å². The van der Waals surface area contributed by atoms with Crippen LogP contribution in [0.3, 0.4) is 0 Å². The molecule has 0 aliphatic carbocycles. The lowest BCUT2D eigenvalue weighted by Gasteiger charge is -2.31. The van der Waals surface area contributed by atoms with Crippen molar-refractivity contribution in [3.63, 3.8) is 0 Å². The molecule has 1 aromatic heterocycles. The number of rotatable bonds is 4. The average molecular weight is 221 g/mol.